The molecule has 3 aromatic heterocycles. The van der Waals surface area contributed by atoms with Crippen LogP contribution in [0.25, 0.3) is 11.0 Å². The van der Waals surface area contributed by atoms with E-state index >= 15 is 0 Å². The first-order valence-electron chi connectivity index (χ1n) is 10.8. The van der Waals surface area contributed by atoms with E-state index in [2.05, 4.69) is 20.0 Å². The van der Waals surface area contributed by atoms with Gasteiger partial charge < -0.3 is 9.64 Å². The monoisotopic (exact) mass is 446 g/mol. The first-order valence-corrected chi connectivity index (χ1v) is 10.8. The van der Waals surface area contributed by atoms with Gasteiger partial charge in [0.05, 0.1) is 41.3 Å². The summed E-state index contributed by atoms with van der Waals surface area (Å²) in [6, 6.07) is 1.89. The third kappa shape index (κ3) is 3.80. The lowest BCUT2D eigenvalue weighted by Gasteiger charge is -2.37. The minimum absolute atomic E-state index is 0.0467. The standard InChI is InChI=1S/C22H25F3N6O/c1-12-13(2)28-21-17(27-12)8-19(29-20(21)14-6-16(7-14)22(23,24)25)31-4-5-32-18(11-31)15-9-26-30(3)10-15/h8-10,14,16,18H,4-7,11H2,1-3H3/t14-,16-,18-/m1/s1. The van der Waals surface area contributed by atoms with Gasteiger partial charge in [0.1, 0.15) is 17.4 Å². The highest BCUT2D eigenvalue weighted by atomic mass is 19.4. The lowest BCUT2D eigenvalue weighted by molar-refractivity contribution is -0.197. The number of rotatable bonds is 3. The second kappa shape index (κ2) is 7.68. The SMILES string of the molecule is Cc1nc2cc(N3CCO[C@@H](c4cnn(C)c4)C3)nc([C@H]3C[C@H](C(F)(F)F)C3)c2nc1C. The third-order valence-corrected chi connectivity index (χ3v) is 6.55. The number of morpholine rings is 1. The van der Waals surface area contributed by atoms with Gasteiger partial charge in [0.25, 0.3) is 0 Å². The number of hydrogen-bond donors (Lipinski definition) is 0. The van der Waals surface area contributed by atoms with Gasteiger partial charge in [0, 0.05) is 43.9 Å². The number of hydrogen-bond acceptors (Lipinski definition) is 6. The van der Waals surface area contributed by atoms with E-state index in [0.717, 1.165) is 17.0 Å². The molecule has 3 aromatic rings. The van der Waals surface area contributed by atoms with Gasteiger partial charge in [0.15, 0.2) is 0 Å². The van der Waals surface area contributed by atoms with Crippen LogP contribution in [0.4, 0.5) is 19.0 Å². The topological polar surface area (TPSA) is 69.0 Å². The maximum absolute atomic E-state index is 13.1. The molecule has 5 rings (SSSR count). The number of halogens is 3. The highest BCUT2D eigenvalue weighted by Crippen LogP contribution is 2.50. The fourth-order valence-electron chi connectivity index (χ4n) is 4.46. The molecule has 170 valence electrons. The van der Waals surface area contributed by atoms with Crippen molar-refractivity contribution in [3.05, 3.63) is 41.1 Å². The smallest absolute Gasteiger partial charge is 0.370 e. The van der Waals surface area contributed by atoms with Crippen LogP contribution in [0.3, 0.4) is 0 Å². The number of anilines is 1. The predicted octanol–water partition coefficient (Wildman–Crippen LogP) is 4.01. The molecule has 0 amide bonds. The first-order chi connectivity index (χ1) is 15.2. The van der Waals surface area contributed by atoms with Crippen LogP contribution in [0.1, 0.15) is 47.5 Å². The Balaban J connectivity index is 1.50. The molecule has 2 aliphatic rings. The van der Waals surface area contributed by atoms with Crippen molar-refractivity contribution < 1.29 is 17.9 Å². The highest BCUT2D eigenvalue weighted by molar-refractivity contribution is 5.80. The molecule has 0 unspecified atom stereocenters. The normalized spacial score (nSPS) is 24.1. The second-order valence-electron chi connectivity index (χ2n) is 8.79. The Morgan fingerprint density at radius 2 is 1.84 bits per heavy atom. The van der Waals surface area contributed by atoms with Gasteiger partial charge >= 0.3 is 6.18 Å². The van der Waals surface area contributed by atoms with E-state index in [1.165, 1.54) is 0 Å². The molecule has 1 atom stereocenters. The summed E-state index contributed by atoms with van der Waals surface area (Å²) in [7, 11) is 1.86. The minimum atomic E-state index is -4.16. The molecular weight excluding hydrogens is 421 g/mol. The average Bonchev–Trinajstić information content (AvgIpc) is 3.13. The Labute approximate surface area is 183 Å². The van der Waals surface area contributed by atoms with Crippen molar-refractivity contribution in [3.63, 3.8) is 0 Å². The average molecular weight is 446 g/mol. The summed E-state index contributed by atoms with van der Waals surface area (Å²) in [6.45, 7) is 5.49. The van der Waals surface area contributed by atoms with Gasteiger partial charge in [-0.2, -0.15) is 18.3 Å². The van der Waals surface area contributed by atoms with Crippen LogP contribution in [0.2, 0.25) is 0 Å². The molecule has 32 heavy (non-hydrogen) atoms. The zero-order valence-corrected chi connectivity index (χ0v) is 18.2. The van der Waals surface area contributed by atoms with Gasteiger partial charge in [-0.3, -0.25) is 4.68 Å². The number of aromatic nitrogens is 5. The highest BCUT2D eigenvalue weighted by Gasteiger charge is 2.49. The molecule has 10 heteroatoms. The summed E-state index contributed by atoms with van der Waals surface area (Å²) in [4.78, 5) is 16.3. The van der Waals surface area contributed by atoms with E-state index < -0.39 is 12.1 Å². The maximum Gasteiger partial charge on any atom is 0.391 e. The van der Waals surface area contributed by atoms with E-state index in [9.17, 15) is 13.2 Å². The summed E-state index contributed by atoms with van der Waals surface area (Å²) < 4.78 is 47.0. The summed E-state index contributed by atoms with van der Waals surface area (Å²) in [5.74, 6) is -0.834. The first kappa shape index (κ1) is 21.1. The maximum atomic E-state index is 13.1. The van der Waals surface area contributed by atoms with Crippen LogP contribution in [0.5, 0.6) is 0 Å². The lowest BCUT2D eigenvalue weighted by Crippen LogP contribution is -2.39. The zero-order valence-electron chi connectivity index (χ0n) is 18.2. The molecule has 0 radical (unpaired) electrons. The Morgan fingerprint density at radius 3 is 2.53 bits per heavy atom. The van der Waals surface area contributed by atoms with Crippen molar-refractivity contribution in [1.82, 2.24) is 24.7 Å². The molecule has 1 aliphatic heterocycles. The van der Waals surface area contributed by atoms with Crippen LogP contribution < -0.4 is 4.90 Å². The van der Waals surface area contributed by atoms with Crippen molar-refractivity contribution in [2.24, 2.45) is 13.0 Å². The number of pyridine rings is 1. The Bertz CT molecular complexity index is 1150. The van der Waals surface area contributed by atoms with E-state index in [-0.39, 0.29) is 24.9 Å². The third-order valence-electron chi connectivity index (χ3n) is 6.55. The quantitative estimate of drug-likeness (QED) is 0.606. The van der Waals surface area contributed by atoms with Gasteiger partial charge in [-0.25, -0.2) is 15.0 Å². The van der Waals surface area contributed by atoms with E-state index in [1.54, 1.807) is 10.9 Å². The predicted molar refractivity (Wildman–Crippen MR) is 112 cm³/mol. The fraction of sp³-hybridized carbons (Fsp3) is 0.545. The number of ether oxygens (including phenoxy) is 1. The van der Waals surface area contributed by atoms with E-state index in [1.807, 2.05) is 33.2 Å². The molecule has 1 saturated heterocycles. The lowest BCUT2D eigenvalue weighted by atomic mass is 9.72. The van der Waals surface area contributed by atoms with Crippen molar-refractivity contribution in [2.45, 2.75) is 44.9 Å². The van der Waals surface area contributed by atoms with Crippen LogP contribution in [0.15, 0.2) is 18.5 Å². The Kier molecular flexibility index (Phi) is 5.07. The van der Waals surface area contributed by atoms with Gasteiger partial charge in [0.2, 0.25) is 0 Å². The van der Waals surface area contributed by atoms with E-state index in [4.69, 9.17) is 9.72 Å². The largest absolute Gasteiger partial charge is 0.391 e. The minimum Gasteiger partial charge on any atom is -0.370 e. The molecule has 0 aromatic carbocycles. The van der Waals surface area contributed by atoms with Crippen LogP contribution >= 0.6 is 0 Å². The molecule has 2 fully saturated rings. The van der Waals surface area contributed by atoms with Crippen LogP contribution in [-0.4, -0.2) is 50.6 Å². The molecule has 0 spiro atoms. The summed E-state index contributed by atoms with van der Waals surface area (Å²) in [5, 5.41) is 4.22. The van der Waals surface area contributed by atoms with Crippen LogP contribution in [-0.2, 0) is 11.8 Å². The molecule has 0 bridgehead atoms. The molecule has 1 aliphatic carbocycles. The molecule has 1 saturated carbocycles. The van der Waals surface area contributed by atoms with Crippen molar-refractivity contribution >= 4 is 16.9 Å². The number of fused-ring (bicyclic) bond motifs is 1. The number of nitrogens with zero attached hydrogens (tertiary/aromatic N) is 6. The van der Waals surface area contributed by atoms with Crippen molar-refractivity contribution in [3.8, 4) is 0 Å². The molecule has 0 N–H and O–H groups in total. The van der Waals surface area contributed by atoms with Crippen molar-refractivity contribution in [1.29, 1.82) is 0 Å². The molecule has 4 heterocycles. The second-order valence-corrected chi connectivity index (χ2v) is 8.79. The van der Waals surface area contributed by atoms with Crippen LogP contribution in [0, 0.1) is 19.8 Å². The van der Waals surface area contributed by atoms with E-state index in [0.29, 0.717) is 42.2 Å². The summed E-state index contributed by atoms with van der Waals surface area (Å²) in [6.07, 6.45) is -0.505. The summed E-state index contributed by atoms with van der Waals surface area (Å²) >= 11 is 0. The number of alkyl halides is 3. The van der Waals surface area contributed by atoms with Crippen molar-refractivity contribution in [2.75, 3.05) is 24.6 Å². The molecule has 7 nitrogen and oxygen atoms in total. The van der Waals surface area contributed by atoms with Gasteiger partial charge in [-0.05, 0) is 26.7 Å². The number of aryl methyl sites for hydroxylation is 3. The Hall–Kier alpha value is -2.75. The molecular formula is C22H25F3N6O. The zero-order chi connectivity index (χ0) is 22.6. The Morgan fingerprint density at radius 1 is 1.09 bits per heavy atom. The van der Waals surface area contributed by atoms with Gasteiger partial charge in [-0.1, -0.05) is 0 Å². The summed E-state index contributed by atoms with van der Waals surface area (Å²) in [5.41, 5.74) is 4.46. The fourth-order valence-corrected chi connectivity index (χ4v) is 4.46. The van der Waals surface area contributed by atoms with Gasteiger partial charge in [-0.15, -0.1) is 0 Å².